The maximum Gasteiger partial charge on any atom is 0.214 e. The van der Waals surface area contributed by atoms with Crippen LogP contribution in [0.2, 0.25) is 0 Å². The molecule has 0 bridgehead atoms. The zero-order valence-electron chi connectivity index (χ0n) is 13.5. The van der Waals surface area contributed by atoms with Crippen molar-refractivity contribution in [2.75, 3.05) is 0 Å². The molecule has 2 aromatic carbocycles. The minimum atomic E-state index is -1.05. The van der Waals surface area contributed by atoms with Crippen molar-refractivity contribution in [2.24, 2.45) is 0 Å². The number of para-hydroxylation sites is 1. The fourth-order valence-corrected chi connectivity index (χ4v) is 3.18. The highest BCUT2D eigenvalue weighted by molar-refractivity contribution is 8.00. The maximum atomic E-state index is 13.3. The highest BCUT2D eigenvalue weighted by Crippen LogP contribution is 2.26. The average molecular weight is 360 g/mol. The van der Waals surface area contributed by atoms with Crippen molar-refractivity contribution in [3.63, 3.8) is 0 Å². The van der Waals surface area contributed by atoms with E-state index in [0.29, 0.717) is 5.16 Å². The van der Waals surface area contributed by atoms with Crippen LogP contribution >= 0.6 is 11.8 Å². The van der Waals surface area contributed by atoms with Gasteiger partial charge in [-0.1, -0.05) is 30.0 Å². The van der Waals surface area contributed by atoms with E-state index in [-0.39, 0.29) is 11.3 Å². The number of aromatic nitrogens is 4. The molecule has 0 aliphatic heterocycles. The number of aryl methyl sites for hydroxylation is 1. The molecule has 0 N–H and O–H groups in total. The summed E-state index contributed by atoms with van der Waals surface area (Å²) < 4.78 is 27.9. The first kappa shape index (κ1) is 17.2. The van der Waals surface area contributed by atoms with Gasteiger partial charge in [-0.05, 0) is 54.1 Å². The van der Waals surface area contributed by atoms with E-state index in [1.54, 1.807) is 11.6 Å². The van der Waals surface area contributed by atoms with Gasteiger partial charge < -0.3 is 0 Å². The van der Waals surface area contributed by atoms with E-state index in [9.17, 15) is 13.6 Å². The molecule has 0 unspecified atom stereocenters. The van der Waals surface area contributed by atoms with E-state index in [0.717, 1.165) is 35.1 Å². The van der Waals surface area contributed by atoms with Crippen molar-refractivity contribution in [2.45, 2.75) is 24.3 Å². The Morgan fingerprint density at radius 1 is 1.16 bits per heavy atom. The molecule has 1 aromatic heterocycles. The smallest absolute Gasteiger partial charge is 0.214 e. The normalized spacial score (nSPS) is 12.2. The van der Waals surface area contributed by atoms with Crippen LogP contribution in [0.1, 0.15) is 22.8 Å². The summed E-state index contributed by atoms with van der Waals surface area (Å²) in [6.45, 7) is 3.60. The summed E-state index contributed by atoms with van der Waals surface area (Å²) in [4.78, 5) is 12.5. The van der Waals surface area contributed by atoms with Crippen LogP contribution in [0, 0.1) is 18.6 Å². The number of hydrogen-bond acceptors (Lipinski definition) is 5. The Hall–Kier alpha value is -2.61. The summed E-state index contributed by atoms with van der Waals surface area (Å²) in [5.74, 6) is -2.36. The lowest BCUT2D eigenvalue weighted by Gasteiger charge is -2.11. The fraction of sp³-hybridized carbons (Fsp3) is 0.176. The first-order valence-corrected chi connectivity index (χ1v) is 8.35. The zero-order valence-corrected chi connectivity index (χ0v) is 14.3. The first-order valence-electron chi connectivity index (χ1n) is 7.47. The Balaban J connectivity index is 1.83. The minimum Gasteiger partial charge on any atom is -0.293 e. The number of halogens is 2. The predicted octanol–water partition coefficient (Wildman–Crippen LogP) is 3.61. The van der Waals surface area contributed by atoms with Crippen LogP contribution in [0.4, 0.5) is 8.78 Å². The van der Waals surface area contributed by atoms with Crippen molar-refractivity contribution >= 4 is 17.5 Å². The molecule has 0 saturated heterocycles. The van der Waals surface area contributed by atoms with Crippen molar-refractivity contribution in [1.29, 1.82) is 0 Å². The van der Waals surface area contributed by atoms with Gasteiger partial charge in [0.25, 0.3) is 0 Å². The van der Waals surface area contributed by atoms with E-state index in [1.165, 1.54) is 6.07 Å². The lowest BCUT2D eigenvalue weighted by molar-refractivity contribution is 0.0993. The number of carbonyl (C=O) groups is 1. The number of tetrazole rings is 1. The minimum absolute atomic E-state index is 0.105. The van der Waals surface area contributed by atoms with Crippen molar-refractivity contribution in [3.8, 4) is 5.69 Å². The standard InChI is InChI=1S/C17H14F2N4OS/c1-10-5-3-4-6-15(10)23-17(20-21-22-23)25-11(2)16(24)12-7-8-13(18)14(19)9-12/h3-9,11H,1-2H3/t11-/m1/s1. The van der Waals surface area contributed by atoms with E-state index >= 15 is 0 Å². The summed E-state index contributed by atoms with van der Waals surface area (Å²) >= 11 is 1.15. The molecular formula is C17H14F2N4OS. The van der Waals surface area contributed by atoms with Gasteiger partial charge >= 0.3 is 0 Å². The van der Waals surface area contributed by atoms with Crippen LogP contribution in [0.15, 0.2) is 47.6 Å². The average Bonchev–Trinajstić information content (AvgIpc) is 3.05. The molecule has 128 valence electrons. The third-order valence-electron chi connectivity index (χ3n) is 3.64. The topological polar surface area (TPSA) is 60.7 Å². The van der Waals surface area contributed by atoms with E-state index < -0.39 is 16.9 Å². The fourth-order valence-electron chi connectivity index (χ4n) is 2.30. The molecule has 0 spiro atoms. The lowest BCUT2D eigenvalue weighted by atomic mass is 10.1. The Kier molecular flexibility index (Phi) is 4.89. The van der Waals surface area contributed by atoms with Crippen LogP contribution in [-0.2, 0) is 0 Å². The van der Waals surface area contributed by atoms with Crippen molar-refractivity contribution in [1.82, 2.24) is 20.2 Å². The summed E-state index contributed by atoms with van der Waals surface area (Å²) in [7, 11) is 0. The maximum absolute atomic E-state index is 13.3. The number of carbonyl (C=O) groups excluding carboxylic acids is 1. The van der Waals surface area contributed by atoms with Crippen LogP contribution in [0.25, 0.3) is 5.69 Å². The highest BCUT2D eigenvalue weighted by Gasteiger charge is 2.21. The Morgan fingerprint density at radius 3 is 2.64 bits per heavy atom. The molecule has 1 atom stereocenters. The second kappa shape index (κ2) is 7.10. The highest BCUT2D eigenvalue weighted by atomic mass is 32.2. The molecule has 5 nitrogen and oxygen atoms in total. The number of rotatable bonds is 5. The quantitative estimate of drug-likeness (QED) is 0.514. The number of ketones is 1. The van der Waals surface area contributed by atoms with Gasteiger partial charge in [-0.2, -0.15) is 4.68 Å². The summed E-state index contributed by atoms with van der Waals surface area (Å²) in [5.41, 5.74) is 1.90. The van der Waals surface area contributed by atoms with Gasteiger partial charge in [-0.15, -0.1) is 5.10 Å². The molecule has 3 aromatic rings. The Bertz CT molecular complexity index is 929. The summed E-state index contributed by atoms with van der Waals surface area (Å²) in [5, 5.41) is 11.5. The molecule has 0 saturated carbocycles. The van der Waals surface area contributed by atoms with Crippen LogP contribution < -0.4 is 0 Å². The first-order chi connectivity index (χ1) is 12.0. The number of hydrogen-bond donors (Lipinski definition) is 0. The molecule has 0 aliphatic rings. The third-order valence-corrected chi connectivity index (χ3v) is 4.67. The summed E-state index contributed by atoms with van der Waals surface area (Å²) in [6, 6.07) is 10.7. The van der Waals surface area contributed by atoms with E-state index in [4.69, 9.17) is 0 Å². The molecule has 0 aliphatic carbocycles. The molecule has 0 fully saturated rings. The molecule has 25 heavy (non-hydrogen) atoms. The zero-order chi connectivity index (χ0) is 18.0. The molecule has 8 heteroatoms. The number of benzene rings is 2. The Morgan fingerprint density at radius 2 is 1.92 bits per heavy atom. The second-order valence-corrected chi connectivity index (χ2v) is 6.72. The largest absolute Gasteiger partial charge is 0.293 e. The number of thioether (sulfide) groups is 1. The van der Waals surface area contributed by atoms with Gasteiger partial charge in [-0.25, -0.2) is 8.78 Å². The van der Waals surface area contributed by atoms with Gasteiger partial charge in [0.15, 0.2) is 17.4 Å². The third kappa shape index (κ3) is 3.58. The predicted molar refractivity (Wildman–Crippen MR) is 89.9 cm³/mol. The molecule has 0 amide bonds. The van der Waals surface area contributed by atoms with Gasteiger partial charge in [0.2, 0.25) is 5.16 Å². The van der Waals surface area contributed by atoms with Gasteiger partial charge in [0, 0.05) is 5.56 Å². The van der Waals surface area contributed by atoms with Crippen LogP contribution in [-0.4, -0.2) is 31.2 Å². The van der Waals surface area contributed by atoms with Gasteiger partial charge in [-0.3, -0.25) is 4.79 Å². The van der Waals surface area contributed by atoms with E-state index in [1.807, 2.05) is 31.2 Å². The molecular weight excluding hydrogens is 346 g/mol. The SMILES string of the molecule is Cc1ccccc1-n1nnnc1S[C@H](C)C(=O)c1ccc(F)c(F)c1. The number of Topliss-reactive ketones (excluding diaryl/α,β-unsaturated/α-hetero) is 1. The van der Waals surface area contributed by atoms with Crippen LogP contribution in [0.3, 0.4) is 0 Å². The Labute approximate surface area is 147 Å². The molecule has 1 heterocycles. The van der Waals surface area contributed by atoms with Crippen molar-refractivity contribution < 1.29 is 13.6 Å². The molecule has 3 rings (SSSR count). The lowest BCUT2D eigenvalue weighted by Crippen LogP contribution is -2.15. The van der Waals surface area contributed by atoms with Gasteiger partial charge in [0.1, 0.15) is 0 Å². The van der Waals surface area contributed by atoms with Crippen LogP contribution in [0.5, 0.6) is 0 Å². The van der Waals surface area contributed by atoms with Crippen molar-refractivity contribution in [3.05, 3.63) is 65.2 Å². The monoisotopic (exact) mass is 360 g/mol. The number of nitrogens with zero attached hydrogens (tertiary/aromatic N) is 4. The molecule has 0 radical (unpaired) electrons. The summed E-state index contributed by atoms with van der Waals surface area (Å²) in [6.07, 6.45) is 0. The second-order valence-electron chi connectivity index (χ2n) is 5.41. The van der Waals surface area contributed by atoms with E-state index in [2.05, 4.69) is 15.5 Å². The van der Waals surface area contributed by atoms with Gasteiger partial charge in [0.05, 0.1) is 10.9 Å².